The molecule has 0 aromatic carbocycles. The van der Waals surface area contributed by atoms with Gasteiger partial charge < -0.3 is 0 Å². The second-order valence-corrected chi connectivity index (χ2v) is 5.37. The van der Waals surface area contributed by atoms with Gasteiger partial charge in [-0.3, -0.25) is 4.68 Å². The Morgan fingerprint density at radius 3 is 2.42 bits per heavy atom. The highest BCUT2D eigenvalue weighted by molar-refractivity contribution is 7.91. The SMILES string of the molecule is CC(C)S(=O)(=O)c1ccn(C)n1. The molecular weight excluding hydrogens is 176 g/mol. The maximum absolute atomic E-state index is 11.5. The lowest BCUT2D eigenvalue weighted by Crippen LogP contribution is -2.14. The Hall–Kier alpha value is -0.840. The second kappa shape index (κ2) is 2.90. The minimum Gasteiger partial charge on any atom is -0.275 e. The number of nitrogens with zero attached hydrogens (tertiary/aromatic N) is 2. The summed E-state index contributed by atoms with van der Waals surface area (Å²) >= 11 is 0. The van der Waals surface area contributed by atoms with Gasteiger partial charge in [0, 0.05) is 13.2 Å². The summed E-state index contributed by atoms with van der Waals surface area (Å²) in [7, 11) is -1.49. The van der Waals surface area contributed by atoms with E-state index < -0.39 is 15.1 Å². The summed E-state index contributed by atoms with van der Waals surface area (Å²) in [5.74, 6) is 0. The lowest BCUT2D eigenvalue weighted by molar-refractivity contribution is 0.579. The molecule has 0 fully saturated rings. The van der Waals surface area contributed by atoms with Crippen LogP contribution in [-0.4, -0.2) is 23.4 Å². The Bertz CT molecular complexity index is 365. The van der Waals surface area contributed by atoms with Crippen molar-refractivity contribution in [1.29, 1.82) is 0 Å². The highest BCUT2D eigenvalue weighted by Crippen LogP contribution is 2.11. The van der Waals surface area contributed by atoms with Crippen LogP contribution in [0.5, 0.6) is 0 Å². The first-order valence-corrected chi connectivity index (χ1v) is 5.23. The van der Waals surface area contributed by atoms with Gasteiger partial charge in [-0.1, -0.05) is 0 Å². The zero-order chi connectivity index (χ0) is 9.35. The molecule has 4 nitrogen and oxygen atoms in total. The van der Waals surface area contributed by atoms with Crippen molar-refractivity contribution in [2.45, 2.75) is 24.1 Å². The third-order valence-corrected chi connectivity index (χ3v) is 3.64. The molecule has 0 amide bonds. The summed E-state index contributed by atoms with van der Waals surface area (Å²) < 4.78 is 24.4. The van der Waals surface area contributed by atoms with E-state index in [0.717, 1.165) is 0 Å². The molecular formula is C7H12N2O2S. The van der Waals surface area contributed by atoms with Gasteiger partial charge in [0.2, 0.25) is 0 Å². The van der Waals surface area contributed by atoms with Gasteiger partial charge in [0.15, 0.2) is 14.9 Å². The third-order valence-electron chi connectivity index (χ3n) is 1.60. The van der Waals surface area contributed by atoms with Gasteiger partial charge in [-0.25, -0.2) is 8.42 Å². The zero-order valence-electron chi connectivity index (χ0n) is 7.35. The van der Waals surface area contributed by atoms with Gasteiger partial charge in [0.05, 0.1) is 5.25 Å². The first kappa shape index (κ1) is 9.25. The topological polar surface area (TPSA) is 52.0 Å². The fourth-order valence-corrected chi connectivity index (χ4v) is 1.76. The molecule has 0 saturated carbocycles. The number of hydrogen-bond donors (Lipinski definition) is 0. The Kier molecular flexibility index (Phi) is 2.23. The maximum Gasteiger partial charge on any atom is 0.199 e. The van der Waals surface area contributed by atoms with Crippen molar-refractivity contribution in [3.05, 3.63) is 12.3 Å². The van der Waals surface area contributed by atoms with Crippen molar-refractivity contribution >= 4 is 9.84 Å². The lowest BCUT2D eigenvalue weighted by atomic mass is 10.6. The minimum absolute atomic E-state index is 0.153. The quantitative estimate of drug-likeness (QED) is 0.683. The third kappa shape index (κ3) is 1.50. The predicted octanol–water partition coefficient (Wildman–Crippen LogP) is 0.602. The molecule has 68 valence electrons. The summed E-state index contributed by atoms with van der Waals surface area (Å²) in [6, 6.07) is 1.51. The van der Waals surface area contributed by atoms with E-state index in [-0.39, 0.29) is 5.03 Å². The van der Waals surface area contributed by atoms with Crippen LogP contribution in [0.25, 0.3) is 0 Å². The zero-order valence-corrected chi connectivity index (χ0v) is 8.17. The summed E-state index contributed by atoms with van der Waals surface area (Å²) in [5.41, 5.74) is 0. The van der Waals surface area contributed by atoms with Crippen LogP contribution in [0.3, 0.4) is 0 Å². The van der Waals surface area contributed by atoms with Crippen LogP contribution in [-0.2, 0) is 16.9 Å². The largest absolute Gasteiger partial charge is 0.275 e. The molecule has 0 aliphatic rings. The van der Waals surface area contributed by atoms with E-state index in [1.807, 2.05) is 0 Å². The second-order valence-electron chi connectivity index (χ2n) is 2.92. The molecule has 0 aliphatic carbocycles. The Labute approximate surface area is 72.1 Å². The normalized spacial score (nSPS) is 12.3. The number of rotatable bonds is 2. The van der Waals surface area contributed by atoms with Gasteiger partial charge >= 0.3 is 0 Å². The van der Waals surface area contributed by atoms with E-state index in [0.29, 0.717) is 0 Å². The molecule has 0 saturated heterocycles. The molecule has 12 heavy (non-hydrogen) atoms. The van der Waals surface area contributed by atoms with Crippen LogP contribution in [0.15, 0.2) is 17.3 Å². The number of aromatic nitrogens is 2. The van der Waals surface area contributed by atoms with Crippen molar-refractivity contribution in [3.63, 3.8) is 0 Å². The summed E-state index contributed by atoms with van der Waals surface area (Å²) in [6.45, 7) is 3.29. The maximum atomic E-state index is 11.5. The lowest BCUT2D eigenvalue weighted by Gasteiger charge is -2.02. The Morgan fingerprint density at radius 2 is 2.08 bits per heavy atom. The van der Waals surface area contributed by atoms with Gasteiger partial charge in [0.25, 0.3) is 0 Å². The standard InChI is InChI=1S/C7H12N2O2S/c1-6(2)12(10,11)7-4-5-9(3)8-7/h4-6H,1-3H3. The average molecular weight is 188 g/mol. The molecule has 0 radical (unpaired) electrons. The molecule has 0 atom stereocenters. The molecule has 0 bridgehead atoms. The minimum atomic E-state index is -3.19. The fraction of sp³-hybridized carbons (Fsp3) is 0.571. The summed E-state index contributed by atoms with van der Waals surface area (Å²) in [6.07, 6.45) is 1.62. The summed E-state index contributed by atoms with van der Waals surface area (Å²) in [4.78, 5) is 0. The van der Waals surface area contributed by atoms with E-state index in [4.69, 9.17) is 0 Å². The predicted molar refractivity (Wildman–Crippen MR) is 45.5 cm³/mol. The van der Waals surface area contributed by atoms with Gasteiger partial charge in [-0.05, 0) is 19.9 Å². The number of aryl methyl sites for hydroxylation is 1. The fourth-order valence-electron chi connectivity index (χ4n) is 0.787. The van der Waals surface area contributed by atoms with Crippen molar-refractivity contribution in [2.24, 2.45) is 7.05 Å². The van der Waals surface area contributed by atoms with E-state index in [1.54, 1.807) is 27.1 Å². The van der Waals surface area contributed by atoms with Gasteiger partial charge in [0.1, 0.15) is 0 Å². The van der Waals surface area contributed by atoms with Gasteiger partial charge in [-0.15, -0.1) is 0 Å². The van der Waals surface area contributed by atoms with Crippen LogP contribution in [0.4, 0.5) is 0 Å². The average Bonchev–Trinajstić information content (AvgIpc) is 2.35. The summed E-state index contributed by atoms with van der Waals surface area (Å²) in [5, 5.41) is 3.58. The van der Waals surface area contributed by atoms with Crippen LogP contribution in [0.2, 0.25) is 0 Å². The first-order valence-electron chi connectivity index (χ1n) is 3.68. The highest BCUT2D eigenvalue weighted by atomic mass is 32.2. The number of sulfone groups is 1. The van der Waals surface area contributed by atoms with Crippen molar-refractivity contribution in [2.75, 3.05) is 0 Å². The van der Waals surface area contributed by atoms with Crippen molar-refractivity contribution in [1.82, 2.24) is 9.78 Å². The molecule has 1 aromatic heterocycles. The Balaban J connectivity index is 3.15. The van der Waals surface area contributed by atoms with Crippen LogP contribution in [0.1, 0.15) is 13.8 Å². The first-order chi connectivity index (χ1) is 5.44. The Morgan fingerprint density at radius 1 is 1.50 bits per heavy atom. The number of hydrogen-bond acceptors (Lipinski definition) is 3. The highest BCUT2D eigenvalue weighted by Gasteiger charge is 2.21. The van der Waals surface area contributed by atoms with Crippen LogP contribution < -0.4 is 0 Å². The molecule has 0 spiro atoms. The van der Waals surface area contributed by atoms with E-state index in [9.17, 15) is 8.42 Å². The molecule has 0 aliphatic heterocycles. The van der Waals surface area contributed by atoms with Gasteiger partial charge in [-0.2, -0.15) is 5.10 Å². The molecule has 1 heterocycles. The van der Waals surface area contributed by atoms with Crippen molar-refractivity contribution < 1.29 is 8.42 Å². The molecule has 5 heteroatoms. The van der Waals surface area contributed by atoms with E-state index in [1.165, 1.54) is 10.7 Å². The monoisotopic (exact) mass is 188 g/mol. The van der Waals surface area contributed by atoms with E-state index >= 15 is 0 Å². The van der Waals surface area contributed by atoms with Crippen molar-refractivity contribution in [3.8, 4) is 0 Å². The van der Waals surface area contributed by atoms with Crippen LogP contribution in [0, 0.1) is 0 Å². The molecule has 0 unspecified atom stereocenters. The molecule has 1 rings (SSSR count). The van der Waals surface area contributed by atoms with E-state index in [2.05, 4.69) is 5.10 Å². The molecule has 1 aromatic rings. The smallest absolute Gasteiger partial charge is 0.199 e. The van der Waals surface area contributed by atoms with Crippen LogP contribution >= 0.6 is 0 Å². The molecule has 0 N–H and O–H groups in total.